The molecule has 0 bridgehead atoms. The largest absolute Gasteiger partial charge is 0.339 e. The molecule has 4 aromatic rings. The van der Waals surface area contributed by atoms with Crippen LogP contribution in [0.3, 0.4) is 0 Å². The Kier molecular flexibility index (Phi) is 4.39. The predicted molar refractivity (Wildman–Crippen MR) is 118 cm³/mol. The molecule has 150 valence electrons. The lowest BCUT2D eigenvalue weighted by molar-refractivity contribution is -0.122. The smallest absolute Gasteiger partial charge is 0.276 e. The zero-order valence-corrected chi connectivity index (χ0v) is 16.5. The molecule has 0 atom stereocenters. The zero-order chi connectivity index (χ0) is 20.7. The van der Waals surface area contributed by atoms with Gasteiger partial charge >= 0.3 is 0 Å². The predicted octanol–water partition coefficient (Wildman–Crippen LogP) is 3.87. The third-order valence-electron chi connectivity index (χ3n) is 5.79. The topological polar surface area (TPSA) is 73.3 Å². The summed E-state index contributed by atoms with van der Waals surface area (Å²) in [6, 6.07) is 19.7. The molecule has 1 aliphatic carbocycles. The number of hydrogen-bond donors (Lipinski definition) is 1. The Balaban J connectivity index is 0.000000161. The Morgan fingerprint density at radius 3 is 1.83 bits per heavy atom. The molecule has 2 N–H and O–H groups in total. The average molecular weight is 398 g/mol. The molecule has 0 unspecified atom stereocenters. The number of hydrogen-bond acceptors (Lipinski definition) is 3. The molecule has 0 fully saturated rings. The molecular formula is C24H22N4O2. The number of aromatic nitrogens is 2. The van der Waals surface area contributed by atoms with E-state index < -0.39 is 0 Å². The second kappa shape index (κ2) is 7.22. The molecule has 30 heavy (non-hydrogen) atoms. The van der Waals surface area contributed by atoms with Gasteiger partial charge in [0.1, 0.15) is 0 Å². The van der Waals surface area contributed by atoms with Crippen molar-refractivity contribution in [3.05, 3.63) is 84.2 Å². The van der Waals surface area contributed by atoms with Crippen LogP contribution in [0, 0.1) is 0 Å². The second-order valence-electron chi connectivity index (χ2n) is 7.59. The molecule has 2 amide bonds. The number of para-hydroxylation sites is 2. The van der Waals surface area contributed by atoms with Crippen molar-refractivity contribution >= 4 is 33.6 Å². The molecule has 6 rings (SSSR count). The van der Waals surface area contributed by atoms with E-state index >= 15 is 0 Å². The standard InChI is InChI=1S/C16H14N2O2.C8H8N2/c19-15-12-6-2-3-7-13(12)16(20)18(15)17-10-9-11-5-1-4-8-14(11)17;9-10-6-5-7-3-1-2-4-8(7)10/h1,4-5,8-10H,2-3,6-7H2;1-6H,9H2. The normalized spacial score (nSPS) is 16.2. The van der Waals surface area contributed by atoms with Gasteiger partial charge in [0.25, 0.3) is 11.8 Å². The van der Waals surface area contributed by atoms with Gasteiger partial charge in [0.2, 0.25) is 0 Å². The lowest BCUT2D eigenvalue weighted by Gasteiger charge is -2.17. The minimum Gasteiger partial charge on any atom is -0.339 e. The number of benzene rings is 2. The number of rotatable bonds is 1. The van der Waals surface area contributed by atoms with Gasteiger partial charge in [0.15, 0.2) is 0 Å². The lowest BCUT2D eigenvalue weighted by Crippen LogP contribution is -2.40. The van der Waals surface area contributed by atoms with Gasteiger partial charge in [-0.1, -0.05) is 36.4 Å². The average Bonchev–Trinajstić information content (AvgIpc) is 3.45. The van der Waals surface area contributed by atoms with Crippen molar-refractivity contribution < 1.29 is 9.59 Å². The number of imide groups is 1. The molecule has 6 nitrogen and oxygen atoms in total. The Morgan fingerprint density at radius 2 is 1.20 bits per heavy atom. The first kappa shape index (κ1) is 18.2. The molecule has 3 heterocycles. The van der Waals surface area contributed by atoms with Gasteiger partial charge in [-0.25, -0.2) is 0 Å². The van der Waals surface area contributed by atoms with Gasteiger partial charge in [-0.05, 0) is 49.9 Å². The van der Waals surface area contributed by atoms with Crippen LogP contribution in [0.5, 0.6) is 0 Å². The van der Waals surface area contributed by atoms with E-state index in [4.69, 9.17) is 5.84 Å². The fraction of sp³-hybridized carbons (Fsp3) is 0.167. The van der Waals surface area contributed by atoms with Crippen molar-refractivity contribution in [2.75, 3.05) is 10.9 Å². The SMILES string of the molecule is Nn1ccc2ccccc21.O=C1C2=C(CCCC2)C(=O)N1n1ccc2ccccc21. The first-order valence-electron chi connectivity index (χ1n) is 10.1. The third-order valence-corrected chi connectivity index (χ3v) is 5.79. The third kappa shape index (κ3) is 2.88. The lowest BCUT2D eigenvalue weighted by atomic mass is 9.93. The molecular weight excluding hydrogens is 376 g/mol. The highest BCUT2D eigenvalue weighted by atomic mass is 16.2. The maximum absolute atomic E-state index is 12.5. The molecule has 6 heteroatoms. The van der Waals surface area contributed by atoms with Crippen molar-refractivity contribution in [1.29, 1.82) is 0 Å². The summed E-state index contributed by atoms with van der Waals surface area (Å²) in [5.41, 5.74) is 3.40. The molecule has 0 saturated heterocycles. The monoisotopic (exact) mass is 398 g/mol. The van der Waals surface area contributed by atoms with E-state index in [1.54, 1.807) is 15.5 Å². The van der Waals surface area contributed by atoms with Gasteiger partial charge in [-0.15, -0.1) is 0 Å². The van der Waals surface area contributed by atoms with E-state index in [0.29, 0.717) is 0 Å². The number of carbonyl (C=O) groups excluding carboxylic acids is 2. The number of amides is 2. The van der Waals surface area contributed by atoms with Crippen LogP contribution in [-0.2, 0) is 9.59 Å². The minimum atomic E-state index is -0.147. The van der Waals surface area contributed by atoms with Crippen molar-refractivity contribution in [2.24, 2.45) is 0 Å². The Labute approximate surface area is 173 Å². The molecule has 2 aromatic heterocycles. The first-order chi connectivity index (χ1) is 14.6. The van der Waals surface area contributed by atoms with E-state index in [1.165, 1.54) is 10.4 Å². The van der Waals surface area contributed by atoms with Crippen LogP contribution in [-0.4, -0.2) is 21.2 Å². The molecule has 0 spiro atoms. The molecule has 2 aliphatic rings. The minimum absolute atomic E-state index is 0.147. The number of nitrogen functional groups attached to an aromatic ring is 1. The summed E-state index contributed by atoms with van der Waals surface area (Å²) in [6.07, 6.45) is 7.10. The van der Waals surface area contributed by atoms with Crippen LogP contribution in [0.15, 0.2) is 84.2 Å². The summed E-state index contributed by atoms with van der Waals surface area (Å²) >= 11 is 0. The summed E-state index contributed by atoms with van der Waals surface area (Å²) in [6.45, 7) is 0. The van der Waals surface area contributed by atoms with Crippen molar-refractivity contribution in [1.82, 2.24) is 9.35 Å². The van der Waals surface area contributed by atoms with E-state index in [2.05, 4.69) is 0 Å². The van der Waals surface area contributed by atoms with E-state index in [-0.39, 0.29) is 11.8 Å². The second-order valence-corrected chi connectivity index (χ2v) is 7.59. The van der Waals surface area contributed by atoms with Crippen LogP contribution in [0.4, 0.5) is 0 Å². The first-order valence-corrected chi connectivity index (χ1v) is 10.1. The fourth-order valence-corrected chi connectivity index (χ4v) is 4.27. The Bertz CT molecular complexity index is 1280. The number of fused-ring (bicyclic) bond motifs is 2. The van der Waals surface area contributed by atoms with Crippen LogP contribution in [0.1, 0.15) is 25.7 Å². The molecule has 1 aliphatic heterocycles. The Hall–Kier alpha value is -3.80. The maximum Gasteiger partial charge on any atom is 0.276 e. The van der Waals surface area contributed by atoms with Crippen LogP contribution in [0.25, 0.3) is 21.8 Å². The maximum atomic E-state index is 12.5. The van der Waals surface area contributed by atoms with Crippen LogP contribution >= 0.6 is 0 Å². The Morgan fingerprint density at radius 1 is 0.667 bits per heavy atom. The van der Waals surface area contributed by atoms with Gasteiger partial charge in [0.05, 0.1) is 11.0 Å². The quantitative estimate of drug-likeness (QED) is 0.391. The zero-order valence-electron chi connectivity index (χ0n) is 16.5. The highest BCUT2D eigenvalue weighted by Gasteiger charge is 2.40. The van der Waals surface area contributed by atoms with Gasteiger partial charge < -0.3 is 5.84 Å². The highest BCUT2D eigenvalue weighted by Crippen LogP contribution is 2.33. The van der Waals surface area contributed by atoms with E-state index in [0.717, 1.165) is 53.2 Å². The van der Waals surface area contributed by atoms with Crippen molar-refractivity contribution in [3.63, 3.8) is 0 Å². The summed E-state index contributed by atoms with van der Waals surface area (Å²) < 4.78 is 3.30. The summed E-state index contributed by atoms with van der Waals surface area (Å²) in [7, 11) is 0. The number of nitrogens with two attached hydrogens (primary N) is 1. The van der Waals surface area contributed by atoms with Gasteiger partial charge in [0, 0.05) is 34.3 Å². The van der Waals surface area contributed by atoms with Crippen molar-refractivity contribution in [2.45, 2.75) is 25.7 Å². The van der Waals surface area contributed by atoms with E-state index in [9.17, 15) is 9.59 Å². The van der Waals surface area contributed by atoms with Crippen molar-refractivity contribution in [3.8, 4) is 0 Å². The summed E-state index contributed by atoms with van der Waals surface area (Å²) in [4.78, 5) is 25.0. The molecule has 0 saturated carbocycles. The van der Waals surface area contributed by atoms with Crippen LogP contribution in [0.2, 0.25) is 0 Å². The number of carbonyl (C=O) groups is 2. The summed E-state index contributed by atoms with van der Waals surface area (Å²) in [5, 5.41) is 3.50. The van der Waals surface area contributed by atoms with Gasteiger partial charge in [-0.3, -0.25) is 18.9 Å². The molecule has 0 radical (unpaired) electrons. The summed E-state index contributed by atoms with van der Waals surface area (Å²) in [5.74, 6) is 5.30. The van der Waals surface area contributed by atoms with E-state index in [1.807, 2.05) is 66.9 Å². The van der Waals surface area contributed by atoms with Gasteiger partial charge in [-0.2, -0.15) is 5.01 Å². The molecule has 2 aromatic carbocycles. The highest BCUT2D eigenvalue weighted by molar-refractivity contribution is 6.29. The van der Waals surface area contributed by atoms with Crippen LogP contribution < -0.4 is 10.9 Å². The number of nitrogens with zero attached hydrogens (tertiary/aromatic N) is 3. The fourth-order valence-electron chi connectivity index (χ4n) is 4.27.